The van der Waals surface area contributed by atoms with Crippen molar-refractivity contribution >= 4 is 22.0 Å². The molecule has 0 saturated carbocycles. The molecule has 0 aliphatic rings. The molecule has 15 heavy (non-hydrogen) atoms. The van der Waals surface area contributed by atoms with E-state index in [2.05, 4.69) is 28.2 Å². The Morgan fingerprint density at radius 1 is 1.47 bits per heavy atom. The van der Waals surface area contributed by atoms with Crippen LogP contribution in [0.1, 0.15) is 18.9 Å². The summed E-state index contributed by atoms with van der Waals surface area (Å²) in [5, 5.41) is 3.24. The first kappa shape index (κ1) is 12.4. The Morgan fingerprint density at radius 3 is 3.00 bits per heavy atom. The summed E-state index contributed by atoms with van der Waals surface area (Å²) in [6, 6.07) is 4.67. The van der Waals surface area contributed by atoms with Gasteiger partial charge in [0.15, 0.2) is 0 Å². The van der Waals surface area contributed by atoms with Gasteiger partial charge in [0, 0.05) is 11.0 Å². The lowest BCUT2D eigenvalue weighted by molar-refractivity contribution is 0.627. The highest BCUT2D eigenvalue weighted by atomic mass is 79.9. The zero-order valence-electron chi connectivity index (χ0n) is 8.76. The number of rotatable bonds is 5. The number of hydrogen-bond acceptors (Lipinski definition) is 1. The maximum atomic E-state index is 12.9. The summed E-state index contributed by atoms with van der Waals surface area (Å²) < 4.78 is 13.8. The third-order valence-electron chi connectivity index (χ3n) is 1.94. The summed E-state index contributed by atoms with van der Waals surface area (Å²) in [5.74, 6) is -0.209. The van der Waals surface area contributed by atoms with Gasteiger partial charge in [-0.25, -0.2) is 4.39 Å². The van der Waals surface area contributed by atoms with Gasteiger partial charge in [-0.15, -0.1) is 0 Å². The molecule has 0 aliphatic heterocycles. The Kier molecular flexibility index (Phi) is 5.58. The van der Waals surface area contributed by atoms with Crippen LogP contribution in [-0.4, -0.2) is 13.1 Å². The fraction of sp³-hybridized carbons (Fsp3) is 0.333. The molecule has 3 heteroatoms. The van der Waals surface area contributed by atoms with Gasteiger partial charge in [0.05, 0.1) is 0 Å². The summed E-state index contributed by atoms with van der Waals surface area (Å²) >= 11 is 3.37. The molecule has 0 radical (unpaired) electrons. The number of hydrogen-bond donors (Lipinski definition) is 1. The van der Waals surface area contributed by atoms with Crippen molar-refractivity contribution in [2.45, 2.75) is 13.3 Å². The molecule has 82 valence electrons. The SMILES string of the molecule is CCCNC/C=C/c1cc(F)ccc1Br. The zero-order chi connectivity index (χ0) is 11.1. The van der Waals surface area contributed by atoms with E-state index in [0.717, 1.165) is 29.5 Å². The Hall–Kier alpha value is -0.670. The smallest absolute Gasteiger partial charge is 0.123 e. The van der Waals surface area contributed by atoms with Gasteiger partial charge in [-0.3, -0.25) is 0 Å². The maximum Gasteiger partial charge on any atom is 0.123 e. The quantitative estimate of drug-likeness (QED) is 0.807. The molecule has 0 atom stereocenters. The molecule has 0 amide bonds. The largest absolute Gasteiger partial charge is 0.313 e. The van der Waals surface area contributed by atoms with Crippen molar-refractivity contribution in [1.82, 2.24) is 5.32 Å². The summed E-state index contributed by atoms with van der Waals surface area (Å²) in [6.45, 7) is 3.95. The number of halogens is 2. The average molecular weight is 272 g/mol. The Bertz CT molecular complexity index is 336. The second-order valence-electron chi connectivity index (χ2n) is 3.27. The average Bonchev–Trinajstić information content (AvgIpc) is 2.23. The highest BCUT2D eigenvalue weighted by Crippen LogP contribution is 2.18. The first-order valence-corrected chi connectivity index (χ1v) is 5.85. The number of benzene rings is 1. The van der Waals surface area contributed by atoms with Crippen LogP contribution in [0.3, 0.4) is 0 Å². The molecule has 0 bridgehead atoms. The summed E-state index contributed by atoms with van der Waals surface area (Å²) in [5.41, 5.74) is 0.869. The van der Waals surface area contributed by atoms with E-state index in [1.54, 1.807) is 6.07 Å². The van der Waals surface area contributed by atoms with Crippen molar-refractivity contribution in [2.75, 3.05) is 13.1 Å². The van der Waals surface area contributed by atoms with Crippen LogP contribution in [0.15, 0.2) is 28.7 Å². The topological polar surface area (TPSA) is 12.0 Å². The monoisotopic (exact) mass is 271 g/mol. The van der Waals surface area contributed by atoms with E-state index in [9.17, 15) is 4.39 Å². The van der Waals surface area contributed by atoms with Gasteiger partial charge >= 0.3 is 0 Å². The van der Waals surface area contributed by atoms with E-state index < -0.39 is 0 Å². The Labute approximate surface area is 98.5 Å². The normalized spacial score (nSPS) is 11.1. The van der Waals surface area contributed by atoms with E-state index in [-0.39, 0.29) is 5.82 Å². The van der Waals surface area contributed by atoms with Gasteiger partial charge in [0.2, 0.25) is 0 Å². The molecule has 1 N–H and O–H groups in total. The van der Waals surface area contributed by atoms with Gasteiger partial charge in [0.25, 0.3) is 0 Å². The Balaban J connectivity index is 2.52. The van der Waals surface area contributed by atoms with Gasteiger partial charge < -0.3 is 5.32 Å². The molecular weight excluding hydrogens is 257 g/mol. The van der Waals surface area contributed by atoms with Crippen molar-refractivity contribution in [3.8, 4) is 0 Å². The van der Waals surface area contributed by atoms with E-state index in [4.69, 9.17) is 0 Å². The number of nitrogens with one attached hydrogen (secondary N) is 1. The van der Waals surface area contributed by atoms with Crippen molar-refractivity contribution < 1.29 is 4.39 Å². The minimum atomic E-state index is -0.209. The standard InChI is InChI=1S/C12H15BrFN/c1-2-7-15-8-3-4-10-9-11(14)5-6-12(10)13/h3-6,9,15H,2,7-8H2,1H3/b4-3+. The molecule has 1 aromatic rings. The minimum Gasteiger partial charge on any atom is -0.313 e. The summed E-state index contributed by atoms with van der Waals surface area (Å²) in [7, 11) is 0. The second-order valence-corrected chi connectivity index (χ2v) is 4.13. The van der Waals surface area contributed by atoms with Crippen LogP contribution < -0.4 is 5.32 Å². The first-order valence-electron chi connectivity index (χ1n) is 5.06. The van der Waals surface area contributed by atoms with Gasteiger partial charge in [-0.05, 0) is 36.7 Å². The maximum absolute atomic E-state index is 12.9. The molecule has 1 nitrogen and oxygen atoms in total. The lowest BCUT2D eigenvalue weighted by atomic mass is 10.2. The van der Waals surface area contributed by atoms with Crippen LogP contribution in [0.25, 0.3) is 6.08 Å². The molecule has 0 saturated heterocycles. The molecule has 1 aromatic carbocycles. The van der Waals surface area contributed by atoms with Crippen LogP contribution in [0.5, 0.6) is 0 Å². The van der Waals surface area contributed by atoms with E-state index in [1.807, 2.05) is 12.2 Å². The molecule has 0 spiro atoms. The molecule has 0 aliphatic carbocycles. The third-order valence-corrected chi connectivity index (χ3v) is 2.67. The highest BCUT2D eigenvalue weighted by Gasteiger charge is 1.96. The Morgan fingerprint density at radius 2 is 2.27 bits per heavy atom. The highest BCUT2D eigenvalue weighted by molar-refractivity contribution is 9.10. The van der Waals surface area contributed by atoms with Crippen molar-refractivity contribution in [2.24, 2.45) is 0 Å². The van der Waals surface area contributed by atoms with Crippen LogP contribution >= 0.6 is 15.9 Å². The fourth-order valence-corrected chi connectivity index (χ4v) is 1.57. The van der Waals surface area contributed by atoms with Crippen LogP contribution in [0.4, 0.5) is 4.39 Å². The van der Waals surface area contributed by atoms with Crippen molar-refractivity contribution in [1.29, 1.82) is 0 Å². The molecule has 1 rings (SSSR count). The van der Waals surface area contributed by atoms with Crippen molar-refractivity contribution in [3.05, 3.63) is 40.1 Å². The lowest BCUT2D eigenvalue weighted by Gasteiger charge is -1.99. The van der Waals surface area contributed by atoms with Crippen LogP contribution in [-0.2, 0) is 0 Å². The molecule has 0 unspecified atom stereocenters. The summed E-state index contributed by atoms with van der Waals surface area (Å²) in [6.07, 6.45) is 5.03. The lowest BCUT2D eigenvalue weighted by Crippen LogP contribution is -2.13. The molecular formula is C12H15BrFN. The third kappa shape index (κ3) is 4.58. The second kappa shape index (κ2) is 6.75. The van der Waals surface area contributed by atoms with Gasteiger partial charge in [0.1, 0.15) is 5.82 Å². The van der Waals surface area contributed by atoms with Gasteiger partial charge in [-0.2, -0.15) is 0 Å². The van der Waals surface area contributed by atoms with E-state index in [1.165, 1.54) is 12.1 Å². The fourth-order valence-electron chi connectivity index (χ4n) is 1.19. The minimum absolute atomic E-state index is 0.209. The van der Waals surface area contributed by atoms with Crippen LogP contribution in [0.2, 0.25) is 0 Å². The zero-order valence-corrected chi connectivity index (χ0v) is 10.3. The molecule has 0 aromatic heterocycles. The molecule has 0 fully saturated rings. The van der Waals surface area contributed by atoms with Crippen LogP contribution in [0, 0.1) is 5.82 Å². The first-order chi connectivity index (χ1) is 7.24. The predicted molar refractivity (Wildman–Crippen MR) is 66.3 cm³/mol. The predicted octanol–water partition coefficient (Wildman–Crippen LogP) is 3.60. The van der Waals surface area contributed by atoms with E-state index in [0.29, 0.717) is 0 Å². The molecule has 0 heterocycles. The van der Waals surface area contributed by atoms with E-state index >= 15 is 0 Å². The summed E-state index contributed by atoms with van der Waals surface area (Å²) in [4.78, 5) is 0. The van der Waals surface area contributed by atoms with Crippen molar-refractivity contribution in [3.63, 3.8) is 0 Å². The van der Waals surface area contributed by atoms with Gasteiger partial charge in [-0.1, -0.05) is 35.0 Å².